The fourth-order valence-corrected chi connectivity index (χ4v) is 1.52. The molecule has 0 radical (unpaired) electrons. The van der Waals surface area contributed by atoms with Gasteiger partial charge in [0.2, 0.25) is 0 Å². The van der Waals surface area contributed by atoms with Gasteiger partial charge in [-0.3, -0.25) is 0 Å². The highest BCUT2D eigenvalue weighted by Gasteiger charge is 2.30. The van der Waals surface area contributed by atoms with Crippen LogP contribution in [-0.4, -0.2) is 36.3 Å². The molecule has 1 aliphatic carbocycles. The Morgan fingerprint density at radius 3 is 1.92 bits per heavy atom. The molecule has 0 atom stereocenters. The zero-order valence-electron chi connectivity index (χ0n) is 8.71. The summed E-state index contributed by atoms with van der Waals surface area (Å²) in [7, 11) is 2.73. The molecule has 0 bridgehead atoms. The fraction of sp³-hybridized carbons (Fsp3) is 1.00. The molecule has 1 saturated carbocycles. The van der Waals surface area contributed by atoms with E-state index in [1.807, 2.05) is 0 Å². The molecule has 0 aromatic heterocycles. The van der Waals surface area contributed by atoms with Crippen LogP contribution in [0.4, 0.5) is 0 Å². The van der Waals surface area contributed by atoms with Crippen LogP contribution in [0.2, 0.25) is 0 Å². The van der Waals surface area contributed by atoms with E-state index in [1.165, 1.54) is 19.3 Å². The largest absolute Gasteiger partial charge is 0.402 e. The number of hydrogen-bond acceptors (Lipinski definition) is 4. The van der Waals surface area contributed by atoms with Gasteiger partial charge >= 0.3 is 10.0 Å². The Balaban J connectivity index is 0.000000252. The summed E-state index contributed by atoms with van der Waals surface area (Å²) < 4.78 is 9.22. The van der Waals surface area contributed by atoms with Gasteiger partial charge in [-0.25, -0.2) is 0 Å². The van der Waals surface area contributed by atoms with E-state index in [2.05, 4.69) is 8.85 Å². The summed E-state index contributed by atoms with van der Waals surface area (Å²) in [5, 5.41) is 0. The summed E-state index contributed by atoms with van der Waals surface area (Å²) in [5.74, 6) is 0. The van der Waals surface area contributed by atoms with Gasteiger partial charge in [-0.2, -0.15) is 0 Å². The first-order valence-corrected chi connectivity index (χ1v) is 5.81. The minimum atomic E-state index is -0.568. The first-order valence-electron chi connectivity index (χ1n) is 4.65. The van der Waals surface area contributed by atoms with Crippen LogP contribution in [-0.2, 0) is 8.85 Å². The lowest BCUT2D eigenvalue weighted by Gasteiger charge is -2.37. The van der Waals surface area contributed by atoms with Crippen LogP contribution in [0.1, 0.15) is 25.7 Å². The quantitative estimate of drug-likeness (QED) is 0.608. The standard InChI is InChI=1S/C6H14N2.C2H8O2Si/c7-5-4-6(8)2-1-3-6;1-3-5-4-2/h1-5,7-8H2;5H2,1-2H3. The van der Waals surface area contributed by atoms with Crippen molar-refractivity contribution in [3.05, 3.63) is 0 Å². The lowest BCUT2D eigenvalue weighted by molar-refractivity contribution is 0.235. The Bertz CT molecular complexity index is 119. The second kappa shape index (κ2) is 7.46. The van der Waals surface area contributed by atoms with Crippen molar-refractivity contribution < 1.29 is 8.85 Å². The van der Waals surface area contributed by atoms with Crippen LogP contribution >= 0.6 is 0 Å². The number of nitrogens with two attached hydrogens (primary N) is 2. The van der Waals surface area contributed by atoms with Gasteiger partial charge in [-0.1, -0.05) is 0 Å². The van der Waals surface area contributed by atoms with Gasteiger partial charge in [0.1, 0.15) is 0 Å². The van der Waals surface area contributed by atoms with E-state index in [1.54, 1.807) is 14.2 Å². The molecule has 1 aliphatic rings. The molecular formula is C8H22N2O2Si. The minimum absolute atomic E-state index is 0.148. The predicted octanol–water partition coefficient (Wildman–Crippen LogP) is -0.505. The maximum absolute atomic E-state index is 5.83. The molecule has 4 nitrogen and oxygen atoms in total. The first kappa shape index (κ1) is 13.1. The van der Waals surface area contributed by atoms with Crippen LogP contribution < -0.4 is 11.5 Å². The van der Waals surface area contributed by atoms with Gasteiger partial charge in [-0.05, 0) is 32.2 Å². The van der Waals surface area contributed by atoms with E-state index in [4.69, 9.17) is 11.5 Å². The summed E-state index contributed by atoms with van der Waals surface area (Å²) in [6, 6.07) is 0. The molecule has 80 valence electrons. The molecule has 0 aromatic rings. The molecule has 0 heterocycles. The smallest absolute Gasteiger partial charge is 0.303 e. The Kier molecular flexibility index (Phi) is 7.49. The van der Waals surface area contributed by atoms with Crippen molar-refractivity contribution in [2.75, 3.05) is 20.8 Å². The monoisotopic (exact) mass is 206 g/mol. The molecule has 1 rings (SSSR count). The van der Waals surface area contributed by atoms with Gasteiger partial charge in [0.25, 0.3) is 0 Å². The van der Waals surface area contributed by atoms with E-state index >= 15 is 0 Å². The van der Waals surface area contributed by atoms with Gasteiger partial charge in [-0.15, -0.1) is 0 Å². The summed E-state index contributed by atoms with van der Waals surface area (Å²) in [5.41, 5.74) is 11.3. The molecule has 0 unspecified atom stereocenters. The van der Waals surface area contributed by atoms with Crippen molar-refractivity contribution in [3.8, 4) is 0 Å². The van der Waals surface area contributed by atoms with Gasteiger partial charge in [0.15, 0.2) is 0 Å². The normalized spacial score (nSPS) is 18.5. The average molecular weight is 206 g/mol. The van der Waals surface area contributed by atoms with Crippen molar-refractivity contribution >= 4 is 10.0 Å². The molecule has 13 heavy (non-hydrogen) atoms. The molecule has 5 heteroatoms. The summed E-state index contributed by atoms with van der Waals surface area (Å²) in [6.45, 7) is 0.747. The van der Waals surface area contributed by atoms with Crippen molar-refractivity contribution in [1.82, 2.24) is 0 Å². The summed E-state index contributed by atoms with van der Waals surface area (Å²) >= 11 is 0. The highest BCUT2D eigenvalue weighted by molar-refractivity contribution is 6.17. The molecule has 0 amide bonds. The van der Waals surface area contributed by atoms with E-state index < -0.39 is 10.0 Å². The SMILES string of the molecule is CO[SiH2]OC.NCCC1(N)CCC1. The zero-order chi connectivity index (χ0) is 10.2. The van der Waals surface area contributed by atoms with Gasteiger partial charge in [0, 0.05) is 19.8 Å². The Morgan fingerprint density at radius 2 is 1.85 bits per heavy atom. The zero-order valence-corrected chi connectivity index (χ0v) is 10.1. The van der Waals surface area contributed by atoms with Crippen LogP contribution in [0, 0.1) is 0 Å². The van der Waals surface area contributed by atoms with Crippen molar-refractivity contribution in [3.63, 3.8) is 0 Å². The first-order chi connectivity index (χ1) is 6.18. The molecule has 0 aliphatic heterocycles. The predicted molar refractivity (Wildman–Crippen MR) is 57.0 cm³/mol. The third-order valence-corrected chi connectivity index (χ3v) is 2.70. The van der Waals surface area contributed by atoms with E-state index in [9.17, 15) is 0 Å². The van der Waals surface area contributed by atoms with E-state index in [-0.39, 0.29) is 5.54 Å². The highest BCUT2D eigenvalue weighted by Crippen LogP contribution is 2.31. The van der Waals surface area contributed by atoms with Crippen molar-refractivity contribution in [2.45, 2.75) is 31.2 Å². The van der Waals surface area contributed by atoms with E-state index in [0.29, 0.717) is 0 Å². The highest BCUT2D eigenvalue weighted by atomic mass is 28.3. The molecule has 1 fully saturated rings. The average Bonchev–Trinajstić information content (AvgIpc) is 2.05. The molecule has 0 spiro atoms. The van der Waals surface area contributed by atoms with Crippen molar-refractivity contribution in [1.29, 1.82) is 0 Å². The van der Waals surface area contributed by atoms with Crippen LogP contribution in [0.15, 0.2) is 0 Å². The maximum atomic E-state index is 5.83. The van der Waals surface area contributed by atoms with Crippen LogP contribution in [0.5, 0.6) is 0 Å². The third-order valence-electron chi connectivity index (χ3n) is 2.23. The molecule has 0 aromatic carbocycles. The second-order valence-corrected chi connectivity index (χ2v) is 4.84. The Morgan fingerprint density at radius 1 is 1.31 bits per heavy atom. The lowest BCUT2D eigenvalue weighted by atomic mass is 9.75. The van der Waals surface area contributed by atoms with E-state index in [0.717, 1.165) is 13.0 Å². The van der Waals surface area contributed by atoms with Gasteiger partial charge < -0.3 is 20.3 Å². The molecule has 4 N–H and O–H groups in total. The Labute approximate surface area is 83.0 Å². The number of hydrogen-bond donors (Lipinski definition) is 2. The fourth-order valence-electron chi connectivity index (χ4n) is 1.29. The maximum Gasteiger partial charge on any atom is 0.303 e. The summed E-state index contributed by atoms with van der Waals surface area (Å²) in [4.78, 5) is 0. The minimum Gasteiger partial charge on any atom is -0.402 e. The molecule has 0 saturated heterocycles. The topological polar surface area (TPSA) is 70.5 Å². The number of rotatable bonds is 4. The lowest BCUT2D eigenvalue weighted by Crippen LogP contribution is -2.47. The van der Waals surface area contributed by atoms with Crippen LogP contribution in [0.25, 0.3) is 0 Å². The Hall–Kier alpha value is 0.0569. The van der Waals surface area contributed by atoms with Crippen LogP contribution in [0.3, 0.4) is 0 Å². The van der Waals surface area contributed by atoms with Gasteiger partial charge in [0.05, 0.1) is 0 Å². The van der Waals surface area contributed by atoms with Crippen molar-refractivity contribution in [2.24, 2.45) is 11.5 Å². The molecular weight excluding hydrogens is 184 g/mol. The summed E-state index contributed by atoms with van der Waals surface area (Å²) in [6.07, 6.45) is 4.68. The third kappa shape index (κ3) is 6.17. The second-order valence-electron chi connectivity index (χ2n) is 3.45.